The molecule has 0 saturated carbocycles. The maximum Gasteiger partial charge on any atom is 0.262 e. The summed E-state index contributed by atoms with van der Waals surface area (Å²) in [5.41, 5.74) is 1.21. The number of nitrogens with zero attached hydrogens (tertiary/aromatic N) is 4. The van der Waals surface area contributed by atoms with E-state index in [9.17, 15) is 4.79 Å². The van der Waals surface area contributed by atoms with Crippen molar-refractivity contribution in [2.45, 2.75) is 23.9 Å². The van der Waals surface area contributed by atoms with Crippen LogP contribution in [-0.2, 0) is 17.0 Å². The first-order chi connectivity index (χ1) is 15.0. The summed E-state index contributed by atoms with van der Waals surface area (Å²) in [4.78, 5) is 17.7. The smallest absolute Gasteiger partial charge is 0.262 e. The van der Waals surface area contributed by atoms with E-state index in [0.717, 1.165) is 5.56 Å². The molecular formula is C21H18Cl2N4O3S. The summed E-state index contributed by atoms with van der Waals surface area (Å²) in [5, 5.41) is 10.4. The number of rotatable bonds is 8. The molecule has 0 aliphatic carbocycles. The number of ether oxygens (including phenoxy) is 1. The minimum Gasteiger partial charge on any atom is -0.420 e. The Balaban J connectivity index is 1.60. The third-order valence-electron chi connectivity index (χ3n) is 4.50. The van der Waals surface area contributed by atoms with E-state index in [2.05, 4.69) is 15.2 Å². The minimum absolute atomic E-state index is 0.118. The van der Waals surface area contributed by atoms with Crippen LogP contribution in [0.2, 0.25) is 10.0 Å². The van der Waals surface area contributed by atoms with Gasteiger partial charge in [0, 0.05) is 35.9 Å². The molecule has 0 atom stereocenters. The number of hydrogen-bond acceptors (Lipinski definition) is 7. The lowest BCUT2D eigenvalue weighted by molar-refractivity contribution is 0.189. The predicted molar refractivity (Wildman–Crippen MR) is 122 cm³/mol. The van der Waals surface area contributed by atoms with Crippen LogP contribution in [0.4, 0.5) is 0 Å². The van der Waals surface area contributed by atoms with Gasteiger partial charge in [-0.3, -0.25) is 9.36 Å². The summed E-state index contributed by atoms with van der Waals surface area (Å²) in [6.07, 6.45) is 0.687. The highest BCUT2D eigenvalue weighted by molar-refractivity contribution is 7.98. The molecule has 0 unspecified atom stereocenters. The highest BCUT2D eigenvalue weighted by atomic mass is 35.5. The zero-order valence-corrected chi connectivity index (χ0v) is 18.9. The molecule has 0 aliphatic rings. The summed E-state index contributed by atoms with van der Waals surface area (Å²) in [5.74, 6) is 1.20. The van der Waals surface area contributed by atoms with E-state index in [1.54, 1.807) is 42.0 Å². The van der Waals surface area contributed by atoms with Crippen LogP contribution in [0.1, 0.15) is 12.3 Å². The van der Waals surface area contributed by atoms with Crippen LogP contribution in [0, 0.1) is 0 Å². The van der Waals surface area contributed by atoms with Gasteiger partial charge in [0.15, 0.2) is 5.16 Å². The zero-order chi connectivity index (χ0) is 21.8. The Hall–Kier alpha value is -2.39. The largest absolute Gasteiger partial charge is 0.420 e. The quantitative estimate of drug-likeness (QED) is 0.199. The molecule has 0 fully saturated rings. The molecule has 160 valence electrons. The van der Waals surface area contributed by atoms with Gasteiger partial charge in [-0.15, -0.1) is 10.2 Å². The van der Waals surface area contributed by atoms with Crippen LogP contribution in [0.15, 0.2) is 56.8 Å². The van der Waals surface area contributed by atoms with Gasteiger partial charge in [-0.2, -0.15) is 0 Å². The second kappa shape index (κ2) is 9.82. The van der Waals surface area contributed by atoms with Gasteiger partial charge in [-0.25, -0.2) is 4.98 Å². The van der Waals surface area contributed by atoms with Gasteiger partial charge in [-0.05, 0) is 48.9 Å². The number of aromatic nitrogens is 4. The van der Waals surface area contributed by atoms with Crippen LogP contribution < -0.4 is 5.56 Å². The van der Waals surface area contributed by atoms with Crippen LogP contribution >= 0.6 is 35.0 Å². The molecule has 2 aromatic heterocycles. The Kier molecular flexibility index (Phi) is 6.92. The maximum absolute atomic E-state index is 13.0. The average Bonchev–Trinajstić information content (AvgIpc) is 3.23. The average molecular weight is 477 g/mol. The van der Waals surface area contributed by atoms with Crippen LogP contribution in [0.25, 0.3) is 22.4 Å². The van der Waals surface area contributed by atoms with Crippen molar-refractivity contribution in [1.29, 1.82) is 0 Å². The predicted octanol–water partition coefficient (Wildman–Crippen LogP) is 5.08. The van der Waals surface area contributed by atoms with Crippen molar-refractivity contribution in [2.75, 3.05) is 13.7 Å². The van der Waals surface area contributed by atoms with Gasteiger partial charge < -0.3 is 9.15 Å². The summed E-state index contributed by atoms with van der Waals surface area (Å²) >= 11 is 13.4. The van der Waals surface area contributed by atoms with Gasteiger partial charge in [0.2, 0.25) is 11.8 Å². The molecule has 2 heterocycles. The van der Waals surface area contributed by atoms with Crippen molar-refractivity contribution in [2.24, 2.45) is 0 Å². The summed E-state index contributed by atoms with van der Waals surface area (Å²) in [6, 6.07) is 12.2. The molecule has 7 nitrogen and oxygen atoms in total. The molecule has 2 aromatic carbocycles. The van der Waals surface area contributed by atoms with Crippen LogP contribution in [-0.4, -0.2) is 33.5 Å². The molecule has 0 radical (unpaired) electrons. The second-order valence-corrected chi connectivity index (χ2v) is 8.47. The van der Waals surface area contributed by atoms with Crippen molar-refractivity contribution in [1.82, 2.24) is 19.7 Å². The number of hydrogen-bond donors (Lipinski definition) is 0. The molecule has 4 aromatic rings. The Labute approximate surface area is 192 Å². The van der Waals surface area contributed by atoms with Gasteiger partial charge in [0.05, 0.1) is 16.7 Å². The lowest BCUT2D eigenvalue weighted by atomic mass is 10.2. The van der Waals surface area contributed by atoms with Crippen molar-refractivity contribution >= 4 is 45.9 Å². The molecule has 0 N–H and O–H groups in total. The molecule has 4 rings (SSSR count). The van der Waals surface area contributed by atoms with Gasteiger partial charge in [0.25, 0.3) is 5.56 Å². The fraction of sp³-hybridized carbons (Fsp3) is 0.238. The number of thioether (sulfide) groups is 1. The number of halogens is 2. The lowest BCUT2D eigenvalue weighted by Crippen LogP contribution is -2.24. The van der Waals surface area contributed by atoms with E-state index in [1.165, 1.54) is 11.8 Å². The highest BCUT2D eigenvalue weighted by Crippen LogP contribution is 2.26. The molecule has 0 amide bonds. The first-order valence-corrected chi connectivity index (χ1v) is 11.2. The molecule has 31 heavy (non-hydrogen) atoms. The summed E-state index contributed by atoms with van der Waals surface area (Å²) < 4.78 is 12.5. The van der Waals surface area contributed by atoms with Crippen molar-refractivity contribution in [3.05, 3.63) is 68.8 Å². The van der Waals surface area contributed by atoms with Gasteiger partial charge >= 0.3 is 0 Å². The van der Waals surface area contributed by atoms with Crippen LogP contribution in [0.5, 0.6) is 0 Å². The Morgan fingerprint density at radius 1 is 1.10 bits per heavy atom. The topological polar surface area (TPSA) is 83.0 Å². The van der Waals surface area contributed by atoms with Crippen LogP contribution in [0.3, 0.4) is 0 Å². The Bertz CT molecular complexity index is 1260. The minimum atomic E-state index is -0.118. The third kappa shape index (κ3) is 5.10. The monoisotopic (exact) mass is 476 g/mol. The zero-order valence-electron chi connectivity index (χ0n) is 16.5. The summed E-state index contributed by atoms with van der Waals surface area (Å²) in [7, 11) is 1.63. The number of fused-ring (bicyclic) bond motifs is 1. The summed E-state index contributed by atoms with van der Waals surface area (Å²) in [6.45, 7) is 1.03. The van der Waals surface area contributed by atoms with E-state index in [1.807, 2.05) is 12.1 Å². The molecular weight excluding hydrogens is 459 g/mol. The molecule has 10 heteroatoms. The van der Waals surface area contributed by atoms with Crippen molar-refractivity contribution in [3.8, 4) is 11.5 Å². The van der Waals surface area contributed by atoms with Gasteiger partial charge in [0.1, 0.15) is 0 Å². The molecule has 0 spiro atoms. The van der Waals surface area contributed by atoms with Crippen molar-refractivity contribution in [3.63, 3.8) is 0 Å². The fourth-order valence-electron chi connectivity index (χ4n) is 3.00. The Morgan fingerprint density at radius 3 is 2.65 bits per heavy atom. The number of benzene rings is 2. The van der Waals surface area contributed by atoms with E-state index in [0.29, 0.717) is 63.2 Å². The lowest BCUT2D eigenvalue weighted by Gasteiger charge is -2.12. The Morgan fingerprint density at radius 2 is 1.87 bits per heavy atom. The molecule has 0 saturated heterocycles. The van der Waals surface area contributed by atoms with Crippen molar-refractivity contribution < 1.29 is 9.15 Å². The first kappa shape index (κ1) is 21.8. The first-order valence-electron chi connectivity index (χ1n) is 9.45. The molecule has 0 bridgehead atoms. The van der Waals surface area contributed by atoms with E-state index in [4.69, 9.17) is 32.4 Å². The van der Waals surface area contributed by atoms with E-state index >= 15 is 0 Å². The van der Waals surface area contributed by atoms with Gasteiger partial charge in [-0.1, -0.05) is 35.0 Å². The SMILES string of the molecule is COCCCn1c(SCc2nnc(-c3ccc(Cl)cc3)o2)nc2cc(Cl)ccc2c1=O. The number of methoxy groups -OCH3 is 1. The molecule has 0 aliphatic heterocycles. The fourth-order valence-corrected chi connectivity index (χ4v) is 4.15. The van der Waals surface area contributed by atoms with E-state index in [-0.39, 0.29) is 5.56 Å². The normalized spacial score (nSPS) is 11.3. The third-order valence-corrected chi connectivity index (χ3v) is 5.94. The highest BCUT2D eigenvalue weighted by Gasteiger charge is 2.15. The maximum atomic E-state index is 13.0. The second-order valence-electron chi connectivity index (χ2n) is 6.66. The standard InChI is InChI=1S/C21H18Cl2N4O3S/c1-29-10-2-9-27-20(28)16-8-7-15(23)11-17(16)24-21(27)31-12-18-25-26-19(30-18)13-3-5-14(22)6-4-13/h3-8,11H,2,9-10,12H2,1H3. The van der Waals surface area contributed by atoms with E-state index < -0.39 is 0 Å².